The van der Waals surface area contributed by atoms with Crippen molar-refractivity contribution in [1.82, 2.24) is 4.98 Å². The number of unbranched alkanes of at least 4 members (excludes halogenated alkanes) is 1. The number of benzene rings is 2. The predicted octanol–water partition coefficient (Wildman–Crippen LogP) is 10.6. The van der Waals surface area contributed by atoms with Crippen LogP contribution in [0.5, 0.6) is 0 Å². The molecule has 0 amide bonds. The van der Waals surface area contributed by atoms with Crippen LogP contribution in [-0.4, -0.2) is 16.5 Å². The van der Waals surface area contributed by atoms with Gasteiger partial charge in [0.05, 0.1) is 11.2 Å². The van der Waals surface area contributed by atoms with Gasteiger partial charge in [-0.3, -0.25) is 9.79 Å². The van der Waals surface area contributed by atoms with Gasteiger partial charge in [-0.15, -0.1) is 0 Å². The van der Waals surface area contributed by atoms with Crippen LogP contribution >= 0.6 is 11.6 Å². The van der Waals surface area contributed by atoms with Crippen molar-refractivity contribution in [3.8, 4) is 0 Å². The molecule has 0 spiro atoms. The molecule has 2 aromatic carbocycles. The molecule has 0 aliphatic carbocycles. The highest BCUT2D eigenvalue weighted by molar-refractivity contribution is 6.31. The van der Waals surface area contributed by atoms with Crippen LogP contribution in [0.3, 0.4) is 0 Å². The van der Waals surface area contributed by atoms with Crippen LogP contribution in [0, 0.1) is 5.82 Å². The number of ketones is 1. The lowest BCUT2D eigenvalue weighted by molar-refractivity contribution is -0.118. The van der Waals surface area contributed by atoms with E-state index < -0.39 is 5.82 Å². The van der Waals surface area contributed by atoms with Gasteiger partial charge in [-0.1, -0.05) is 83.0 Å². The van der Waals surface area contributed by atoms with Crippen molar-refractivity contribution in [2.75, 3.05) is 0 Å². The van der Waals surface area contributed by atoms with Gasteiger partial charge in [-0.05, 0) is 67.5 Å². The Hall–Kier alpha value is -3.05. The zero-order valence-electron chi connectivity index (χ0n) is 24.5. The fourth-order valence-corrected chi connectivity index (χ4v) is 4.67. The molecule has 0 bridgehead atoms. The van der Waals surface area contributed by atoms with Crippen LogP contribution in [0.25, 0.3) is 10.9 Å². The van der Waals surface area contributed by atoms with E-state index in [-0.39, 0.29) is 16.8 Å². The fraction of sp³-hybridized carbons (Fsp3) is 0.412. The number of allylic oxidation sites excluding steroid dienone is 2. The second-order valence-electron chi connectivity index (χ2n) is 10.1. The van der Waals surface area contributed by atoms with Gasteiger partial charge >= 0.3 is 0 Å². The van der Waals surface area contributed by atoms with Crippen LogP contribution < -0.4 is 0 Å². The maximum absolute atomic E-state index is 14.0. The molecule has 0 aliphatic rings. The summed E-state index contributed by atoms with van der Waals surface area (Å²) in [5.41, 5.74) is 6.49. The zero-order valence-corrected chi connectivity index (χ0v) is 25.3. The van der Waals surface area contributed by atoms with E-state index in [4.69, 9.17) is 11.6 Å². The van der Waals surface area contributed by atoms with Crippen molar-refractivity contribution >= 4 is 34.0 Å². The van der Waals surface area contributed by atoms with Crippen molar-refractivity contribution in [3.63, 3.8) is 0 Å². The lowest BCUT2D eigenvalue weighted by Gasteiger charge is -2.14. The highest BCUT2D eigenvalue weighted by Crippen LogP contribution is 2.35. The Labute approximate surface area is 243 Å². The van der Waals surface area contributed by atoms with E-state index in [9.17, 15) is 13.6 Å². The predicted molar refractivity (Wildman–Crippen MR) is 167 cm³/mol. The molecule has 1 unspecified atom stereocenters. The first kappa shape index (κ1) is 33.2. The van der Waals surface area contributed by atoms with Crippen molar-refractivity contribution in [1.29, 1.82) is 0 Å². The number of carbonyl (C=O) groups excluding carboxylic acids is 1. The number of carbonyl (C=O) groups is 1. The molecule has 1 atom stereocenters. The summed E-state index contributed by atoms with van der Waals surface area (Å²) in [5.74, 6) is -0.331. The molecule has 1 N–H and O–H groups in total. The van der Waals surface area contributed by atoms with Gasteiger partial charge in [0.15, 0.2) is 0 Å². The molecule has 6 heteroatoms. The number of nitrogens with one attached hydrogen (secondary N) is 1. The Bertz CT molecular complexity index is 1320. The molecule has 0 radical (unpaired) electrons. The number of aliphatic imine (C=N–C) groups is 1. The number of nitrogens with zero attached hydrogens (tertiary/aromatic N) is 1. The number of aromatic nitrogens is 1. The van der Waals surface area contributed by atoms with Crippen molar-refractivity contribution in [2.24, 2.45) is 4.99 Å². The summed E-state index contributed by atoms with van der Waals surface area (Å²) in [6.07, 6.45) is 9.39. The maximum Gasteiger partial charge on any atom is 0.143 e. The Kier molecular flexibility index (Phi) is 14.0. The number of fused-ring (bicyclic) bond motifs is 1. The van der Waals surface area contributed by atoms with Crippen LogP contribution in [0.4, 0.5) is 8.78 Å². The maximum atomic E-state index is 14.0. The standard InChI is InChI=1S/C25H29ClFNO.C9H14FN/c1-4-6-7-20-21-14-22(26)23(27)15-24(21)28-25(20)16(3)18-11-8-17(9-12-18)10-13-19(29)5-2;1-4-6-8(3)11-7-9(10)5-2/h8-9,11-12,14-16,28H,4-7,10,13H2,1-3H3;5,7H,2,4,6H2,1,3H3/b;9-7+,11-8?. The van der Waals surface area contributed by atoms with E-state index in [0.29, 0.717) is 18.6 Å². The number of H-pyrrole nitrogens is 1. The van der Waals surface area contributed by atoms with E-state index in [1.807, 2.05) is 13.8 Å². The molecule has 1 aromatic heterocycles. The summed E-state index contributed by atoms with van der Waals surface area (Å²) in [4.78, 5) is 18.9. The van der Waals surface area contributed by atoms with Crippen molar-refractivity contribution < 1.29 is 13.6 Å². The molecule has 3 nitrogen and oxygen atoms in total. The average molecular weight is 569 g/mol. The molecule has 40 heavy (non-hydrogen) atoms. The monoisotopic (exact) mass is 568 g/mol. The molecule has 0 fully saturated rings. The molecular formula is C34H43ClF2N2O. The molecule has 3 aromatic rings. The molecular weight excluding hydrogens is 526 g/mol. The number of hydrogen-bond acceptors (Lipinski definition) is 2. The molecule has 0 saturated heterocycles. The number of aromatic amines is 1. The van der Waals surface area contributed by atoms with Crippen molar-refractivity contribution in [2.45, 2.75) is 91.9 Å². The minimum Gasteiger partial charge on any atom is -0.358 e. The molecule has 216 valence electrons. The summed E-state index contributed by atoms with van der Waals surface area (Å²) in [7, 11) is 0. The number of rotatable bonds is 13. The van der Waals surface area contributed by atoms with Crippen LogP contribution in [0.15, 0.2) is 66.1 Å². The minimum absolute atomic E-state index is 0.155. The lowest BCUT2D eigenvalue weighted by atomic mass is 9.91. The topological polar surface area (TPSA) is 45.2 Å². The quantitative estimate of drug-likeness (QED) is 0.162. The first-order chi connectivity index (χ1) is 19.1. The second-order valence-corrected chi connectivity index (χ2v) is 10.5. The minimum atomic E-state index is -0.396. The van der Waals surface area contributed by atoms with Crippen LogP contribution in [-0.2, 0) is 17.6 Å². The van der Waals surface area contributed by atoms with Crippen LogP contribution in [0.2, 0.25) is 5.02 Å². The zero-order chi connectivity index (χ0) is 29.7. The van der Waals surface area contributed by atoms with E-state index >= 15 is 0 Å². The first-order valence-electron chi connectivity index (χ1n) is 14.3. The summed E-state index contributed by atoms with van der Waals surface area (Å²) in [5, 5.41) is 1.18. The van der Waals surface area contributed by atoms with Gasteiger partial charge in [0.25, 0.3) is 0 Å². The molecule has 3 rings (SSSR count). The van der Waals surface area contributed by atoms with Gasteiger partial charge in [0, 0.05) is 41.1 Å². The fourth-order valence-electron chi connectivity index (χ4n) is 4.51. The number of aryl methyl sites for hydroxylation is 2. The van der Waals surface area contributed by atoms with E-state index in [2.05, 4.69) is 61.6 Å². The molecule has 0 aliphatic heterocycles. The normalized spacial score (nSPS) is 12.7. The Morgan fingerprint density at radius 2 is 1.80 bits per heavy atom. The third kappa shape index (κ3) is 9.85. The third-order valence-corrected chi connectivity index (χ3v) is 7.26. The lowest BCUT2D eigenvalue weighted by Crippen LogP contribution is -2.02. The van der Waals surface area contributed by atoms with Gasteiger partial charge in [0.2, 0.25) is 0 Å². The second kappa shape index (κ2) is 16.9. The number of hydrogen-bond donors (Lipinski definition) is 1. The highest BCUT2D eigenvalue weighted by atomic mass is 35.5. The first-order valence-corrected chi connectivity index (χ1v) is 14.6. The highest BCUT2D eigenvalue weighted by Gasteiger charge is 2.19. The van der Waals surface area contributed by atoms with E-state index in [1.165, 1.54) is 29.0 Å². The SMILES string of the molecule is C=C/C(F)=C\N=C(C)CCC.CCCCc1c(C(C)c2ccc(CCC(=O)CC)cc2)[nH]c2cc(F)c(Cl)cc12. The molecule has 1 heterocycles. The van der Waals surface area contributed by atoms with Crippen molar-refractivity contribution in [3.05, 3.63) is 94.3 Å². The van der Waals surface area contributed by atoms with E-state index in [0.717, 1.165) is 66.9 Å². The van der Waals surface area contributed by atoms with Gasteiger partial charge in [0.1, 0.15) is 17.4 Å². The van der Waals surface area contributed by atoms with Gasteiger partial charge in [-0.25, -0.2) is 8.78 Å². The summed E-state index contributed by atoms with van der Waals surface area (Å²) < 4.78 is 26.4. The number of halogens is 3. The summed E-state index contributed by atoms with van der Waals surface area (Å²) in [6.45, 7) is 13.5. The van der Waals surface area contributed by atoms with E-state index in [1.54, 1.807) is 6.07 Å². The summed E-state index contributed by atoms with van der Waals surface area (Å²) in [6, 6.07) is 11.7. The third-order valence-electron chi connectivity index (χ3n) is 6.98. The van der Waals surface area contributed by atoms with Gasteiger partial charge in [-0.2, -0.15) is 0 Å². The average Bonchev–Trinajstić information content (AvgIpc) is 3.30. The Morgan fingerprint density at radius 3 is 2.40 bits per heavy atom. The van der Waals surface area contributed by atoms with Crippen LogP contribution in [0.1, 0.15) is 101 Å². The number of Topliss-reactive ketones (excluding diaryl/α,β-unsaturated/α-hetero) is 1. The van der Waals surface area contributed by atoms with Gasteiger partial charge < -0.3 is 4.98 Å². The smallest absolute Gasteiger partial charge is 0.143 e. The largest absolute Gasteiger partial charge is 0.358 e. The Morgan fingerprint density at radius 1 is 1.10 bits per heavy atom. The summed E-state index contributed by atoms with van der Waals surface area (Å²) >= 11 is 6.07. The Balaban J connectivity index is 0.000000432. The molecule has 0 saturated carbocycles.